The first-order valence-electron chi connectivity index (χ1n) is 5.16. The van der Waals surface area contributed by atoms with E-state index in [-0.39, 0.29) is 6.61 Å². The Morgan fingerprint density at radius 2 is 1.93 bits per heavy atom. The molecule has 2 heteroatoms. The van der Waals surface area contributed by atoms with Gasteiger partial charge in [0.1, 0.15) is 0 Å². The quantitative estimate of drug-likeness (QED) is 0.731. The maximum Gasteiger partial charge on any atom is 0.0650 e. The van der Waals surface area contributed by atoms with Crippen LogP contribution in [-0.4, -0.2) is 22.9 Å². The third-order valence-corrected chi connectivity index (χ3v) is 2.04. The van der Waals surface area contributed by atoms with Crippen LogP contribution in [-0.2, 0) is 0 Å². The van der Waals surface area contributed by atoms with Crippen molar-refractivity contribution >= 4 is 0 Å². The van der Waals surface area contributed by atoms with Gasteiger partial charge in [-0.15, -0.1) is 0 Å². The van der Waals surface area contributed by atoms with Gasteiger partial charge in [0.15, 0.2) is 0 Å². The van der Waals surface area contributed by atoms with Gasteiger partial charge in [-0.25, -0.2) is 0 Å². The molecule has 2 N–H and O–H groups in total. The summed E-state index contributed by atoms with van der Waals surface area (Å²) in [5.41, 5.74) is 0.965. The normalized spacial score (nSPS) is 11.6. The van der Waals surface area contributed by atoms with Gasteiger partial charge in [0.25, 0.3) is 0 Å². The lowest BCUT2D eigenvalue weighted by Crippen LogP contribution is -2.05. The average Bonchev–Trinajstić information content (AvgIpc) is 2.28. The van der Waals surface area contributed by atoms with Crippen molar-refractivity contribution in [1.29, 1.82) is 0 Å². The second-order valence-corrected chi connectivity index (χ2v) is 3.39. The third-order valence-electron chi connectivity index (χ3n) is 2.04. The Kier molecular flexibility index (Phi) is 5.54. The molecule has 0 saturated heterocycles. The highest BCUT2D eigenvalue weighted by Crippen LogP contribution is 2.01. The van der Waals surface area contributed by atoms with Gasteiger partial charge >= 0.3 is 0 Å². The lowest BCUT2D eigenvalue weighted by Gasteiger charge is -2.03. The molecule has 0 bridgehead atoms. The minimum absolute atomic E-state index is 0.128. The van der Waals surface area contributed by atoms with Crippen LogP contribution in [0.3, 0.4) is 0 Å². The summed E-state index contributed by atoms with van der Waals surface area (Å²) in [6, 6.07) is 9.69. The topological polar surface area (TPSA) is 40.5 Å². The Labute approximate surface area is 90.6 Å². The Bertz CT molecular complexity index is 321. The van der Waals surface area contributed by atoms with Gasteiger partial charge in [0.05, 0.1) is 6.10 Å². The predicted molar refractivity (Wildman–Crippen MR) is 60.3 cm³/mol. The van der Waals surface area contributed by atoms with Crippen molar-refractivity contribution in [2.75, 3.05) is 6.61 Å². The monoisotopic (exact) mass is 204 g/mol. The predicted octanol–water partition coefficient (Wildman–Crippen LogP) is 1.56. The van der Waals surface area contributed by atoms with Crippen LogP contribution in [0, 0.1) is 11.8 Å². The molecule has 1 rings (SSSR count). The fourth-order valence-corrected chi connectivity index (χ4v) is 1.22. The first kappa shape index (κ1) is 11.8. The first-order chi connectivity index (χ1) is 7.33. The number of aliphatic hydroxyl groups excluding tert-OH is 2. The zero-order chi connectivity index (χ0) is 10.9. The summed E-state index contributed by atoms with van der Waals surface area (Å²) < 4.78 is 0. The molecule has 1 atom stereocenters. The van der Waals surface area contributed by atoms with Gasteiger partial charge < -0.3 is 10.2 Å². The van der Waals surface area contributed by atoms with Crippen molar-refractivity contribution in [3.63, 3.8) is 0 Å². The van der Waals surface area contributed by atoms with Crippen LogP contribution >= 0.6 is 0 Å². The standard InChI is InChI=1S/C13H16O2/c14-11-5-10-13(15)9-4-8-12-6-2-1-3-7-12/h1-3,6-7,13-15H,5,9-11H2. The molecule has 0 saturated carbocycles. The lowest BCUT2D eigenvalue weighted by atomic mass is 10.1. The lowest BCUT2D eigenvalue weighted by molar-refractivity contribution is 0.154. The molecule has 0 spiro atoms. The summed E-state index contributed by atoms with van der Waals surface area (Å²) in [6.07, 6.45) is 1.29. The van der Waals surface area contributed by atoms with Gasteiger partial charge in [-0.1, -0.05) is 30.0 Å². The maximum absolute atomic E-state index is 9.44. The highest BCUT2D eigenvalue weighted by atomic mass is 16.3. The molecule has 15 heavy (non-hydrogen) atoms. The minimum Gasteiger partial charge on any atom is -0.396 e. The van der Waals surface area contributed by atoms with Crippen molar-refractivity contribution in [3.05, 3.63) is 35.9 Å². The minimum atomic E-state index is -0.423. The van der Waals surface area contributed by atoms with Gasteiger partial charge in [-0.2, -0.15) is 0 Å². The summed E-state index contributed by atoms with van der Waals surface area (Å²) in [4.78, 5) is 0. The molecule has 1 unspecified atom stereocenters. The molecular formula is C13H16O2. The summed E-state index contributed by atoms with van der Waals surface area (Å²) in [7, 11) is 0. The van der Waals surface area contributed by atoms with E-state index in [4.69, 9.17) is 5.11 Å². The highest BCUT2D eigenvalue weighted by Gasteiger charge is 1.99. The number of aliphatic hydroxyl groups is 2. The van der Waals surface area contributed by atoms with Gasteiger partial charge in [-0.05, 0) is 25.0 Å². The molecule has 0 aromatic heterocycles. The molecular weight excluding hydrogens is 188 g/mol. The van der Waals surface area contributed by atoms with Gasteiger partial charge in [-0.3, -0.25) is 0 Å². The smallest absolute Gasteiger partial charge is 0.0650 e. The van der Waals surface area contributed by atoms with E-state index in [0.717, 1.165) is 5.56 Å². The molecule has 0 aliphatic rings. The summed E-state index contributed by atoms with van der Waals surface area (Å²) in [5.74, 6) is 5.91. The van der Waals surface area contributed by atoms with E-state index < -0.39 is 6.10 Å². The van der Waals surface area contributed by atoms with Crippen molar-refractivity contribution in [1.82, 2.24) is 0 Å². The van der Waals surface area contributed by atoms with E-state index in [1.54, 1.807) is 0 Å². The van der Waals surface area contributed by atoms with E-state index in [9.17, 15) is 5.11 Å². The van der Waals surface area contributed by atoms with Crippen molar-refractivity contribution in [2.45, 2.75) is 25.4 Å². The molecule has 80 valence electrons. The second kappa shape index (κ2) is 7.05. The molecule has 1 aromatic carbocycles. The molecule has 0 aliphatic carbocycles. The zero-order valence-corrected chi connectivity index (χ0v) is 8.69. The van der Waals surface area contributed by atoms with Crippen LogP contribution in [0.5, 0.6) is 0 Å². The van der Waals surface area contributed by atoms with Crippen LogP contribution in [0.25, 0.3) is 0 Å². The van der Waals surface area contributed by atoms with E-state index in [1.165, 1.54) is 0 Å². The van der Waals surface area contributed by atoms with E-state index >= 15 is 0 Å². The third kappa shape index (κ3) is 5.21. The molecule has 0 amide bonds. The zero-order valence-electron chi connectivity index (χ0n) is 8.69. The Hall–Kier alpha value is -1.30. The van der Waals surface area contributed by atoms with E-state index in [2.05, 4.69) is 11.8 Å². The highest BCUT2D eigenvalue weighted by molar-refractivity contribution is 5.33. The number of rotatable bonds is 4. The van der Waals surface area contributed by atoms with E-state index in [1.807, 2.05) is 30.3 Å². The Morgan fingerprint density at radius 1 is 1.20 bits per heavy atom. The number of hydrogen-bond acceptors (Lipinski definition) is 2. The molecule has 0 aliphatic heterocycles. The number of benzene rings is 1. The van der Waals surface area contributed by atoms with E-state index in [0.29, 0.717) is 19.3 Å². The van der Waals surface area contributed by atoms with Crippen molar-refractivity contribution in [3.8, 4) is 11.8 Å². The molecule has 0 fully saturated rings. The van der Waals surface area contributed by atoms with Gasteiger partial charge in [0, 0.05) is 18.6 Å². The van der Waals surface area contributed by atoms with Crippen LogP contribution in [0.1, 0.15) is 24.8 Å². The molecule has 1 aromatic rings. The fraction of sp³-hybridized carbons (Fsp3) is 0.385. The van der Waals surface area contributed by atoms with Crippen LogP contribution in [0.15, 0.2) is 30.3 Å². The molecule has 0 radical (unpaired) electrons. The summed E-state index contributed by atoms with van der Waals surface area (Å²) >= 11 is 0. The maximum atomic E-state index is 9.44. The largest absolute Gasteiger partial charge is 0.396 e. The van der Waals surface area contributed by atoms with Crippen molar-refractivity contribution in [2.24, 2.45) is 0 Å². The number of hydrogen-bond donors (Lipinski definition) is 2. The van der Waals surface area contributed by atoms with Crippen LogP contribution in [0.2, 0.25) is 0 Å². The van der Waals surface area contributed by atoms with Gasteiger partial charge in [0.2, 0.25) is 0 Å². The summed E-state index contributed by atoms with van der Waals surface area (Å²) in [6.45, 7) is 0.128. The van der Waals surface area contributed by atoms with Crippen molar-refractivity contribution < 1.29 is 10.2 Å². The second-order valence-electron chi connectivity index (χ2n) is 3.39. The molecule has 2 nitrogen and oxygen atoms in total. The Morgan fingerprint density at radius 3 is 2.60 bits per heavy atom. The first-order valence-corrected chi connectivity index (χ1v) is 5.16. The average molecular weight is 204 g/mol. The molecule has 0 heterocycles. The Balaban J connectivity index is 2.33. The summed E-state index contributed by atoms with van der Waals surface area (Å²) in [5, 5.41) is 18.0. The fourth-order valence-electron chi connectivity index (χ4n) is 1.22. The van der Waals surface area contributed by atoms with Crippen LogP contribution in [0.4, 0.5) is 0 Å². The SMILES string of the molecule is OCCCC(O)CC#Cc1ccccc1. The van der Waals surface area contributed by atoms with Crippen LogP contribution < -0.4 is 0 Å².